The Morgan fingerprint density at radius 1 is 1.27 bits per heavy atom. The Kier molecular flexibility index (Phi) is 5.96. The van der Waals surface area contributed by atoms with Gasteiger partial charge in [-0.05, 0) is 30.7 Å². The lowest BCUT2D eigenvalue weighted by molar-refractivity contribution is -0.120. The van der Waals surface area contributed by atoms with E-state index in [1.807, 2.05) is 30.3 Å². The quantitative estimate of drug-likeness (QED) is 0.832. The van der Waals surface area contributed by atoms with Gasteiger partial charge in [-0.25, -0.2) is 0 Å². The first-order chi connectivity index (χ1) is 12.5. The number of benzene rings is 2. The molecule has 2 unspecified atom stereocenters. The second-order valence-corrected chi connectivity index (χ2v) is 7.64. The molecule has 2 amide bonds. The third-order valence-electron chi connectivity index (χ3n) is 3.83. The number of amides is 2. The SMILES string of the molecule is CC(SC1=NC(c2ccccc2)CC(=O)N1)C(=O)Nc1cccc(Cl)c1. The molecule has 1 heterocycles. The average Bonchev–Trinajstić information content (AvgIpc) is 2.62. The van der Waals surface area contributed by atoms with Crippen LogP contribution in [0.4, 0.5) is 5.69 Å². The topological polar surface area (TPSA) is 70.6 Å². The smallest absolute Gasteiger partial charge is 0.237 e. The molecule has 2 N–H and O–H groups in total. The number of rotatable bonds is 4. The summed E-state index contributed by atoms with van der Waals surface area (Å²) in [5.74, 6) is -0.283. The number of carbonyl (C=O) groups is 2. The van der Waals surface area contributed by atoms with Gasteiger partial charge in [-0.2, -0.15) is 0 Å². The molecule has 0 spiro atoms. The number of nitrogens with one attached hydrogen (secondary N) is 2. The van der Waals surface area contributed by atoms with Crippen molar-refractivity contribution in [1.29, 1.82) is 0 Å². The van der Waals surface area contributed by atoms with Crippen molar-refractivity contribution >= 4 is 46.0 Å². The molecule has 1 aliphatic heterocycles. The van der Waals surface area contributed by atoms with Crippen LogP contribution in [0, 0.1) is 0 Å². The Morgan fingerprint density at radius 3 is 2.77 bits per heavy atom. The molecule has 0 bridgehead atoms. The van der Waals surface area contributed by atoms with Gasteiger partial charge in [-0.15, -0.1) is 0 Å². The summed E-state index contributed by atoms with van der Waals surface area (Å²) in [5, 5.41) is 6.15. The Hall–Kier alpha value is -2.31. The van der Waals surface area contributed by atoms with Crippen molar-refractivity contribution in [1.82, 2.24) is 5.32 Å². The summed E-state index contributed by atoms with van der Waals surface area (Å²) in [4.78, 5) is 29.0. The standard InChI is InChI=1S/C19H18ClN3O2S/c1-12(18(25)21-15-9-5-8-14(20)10-15)26-19-22-16(11-17(24)23-19)13-6-3-2-4-7-13/h2-10,12,16H,11H2,1H3,(H,21,25)(H,22,23,24). The molecular weight excluding hydrogens is 370 g/mol. The zero-order valence-corrected chi connectivity index (χ0v) is 15.7. The van der Waals surface area contributed by atoms with E-state index in [2.05, 4.69) is 15.6 Å². The van der Waals surface area contributed by atoms with Gasteiger partial charge in [0.25, 0.3) is 0 Å². The Morgan fingerprint density at radius 2 is 2.04 bits per heavy atom. The van der Waals surface area contributed by atoms with Crippen molar-refractivity contribution in [3.05, 3.63) is 65.2 Å². The summed E-state index contributed by atoms with van der Waals surface area (Å²) < 4.78 is 0. The molecule has 2 aromatic carbocycles. The maximum absolute atomic E-state index is 12.4. The summed E-state index contributed by atoms with van der Waals surface area (Å²) in [6.07, 6.45) is 0.303. The number of nitrogens with zero attached hydrogens (tertiary/aromatic N) is 1. The van der Waals surface area contributed by atoms with Crippen LogP contribution in [-0.4, -0.2) is 22.2 Å². The average molecular weight is 388 g/mol. The number of carbonyl (C=O) groups excluding carboxylic acids is 2. The highest BCUT2D eigenvalue weighted by Gasteiger charge is 2.25. The van der Waals surface area contributed by atoms with E-state index in [1.54, 1.807) is 31.2 Å². The van der Waals surface area contributed by atoms with Gasteiger partial charge in [0.15, 0.2) is 5.17 Å². The molecule has 2 atom stereocenters. The van der Waals surface area contributed by atoms with E-state index in [4.69, 9.17) is 11.6 Å². The summed E-state index contributed by atoms with van der Waals surface area (Å²) in [6.45, 7) is 1.77. The zero-order chi connectivity index (χ0) is 18.5. The molecule has 0 aromatic heterocycles. The highest BCUT2D eigenvalue weighted by molar-refractivity contribution is 8.15. The molecule has 3 rings (SSSR count). The van der Waals surface area contributed by atoms with E-state index in [9.17, 15) is 9.59 Å². The van der Waals surface area contributed by atoms with E-state index in [0.717, 1.165) is 5.56 Å². The summed E-state index contributed by atoms with van der Waals surface area (Å²) >= 11 is 7.16. The van der Waals surface area contributed by atoms with Gasteiger partial charge in [0.1, 0.15) is 0 Å². The fraction of sp³-hybridized carbons (Fsp3) is 0.211. The van der Waals surface area contributed by atoms with Gasteiger partial charge >= 0.3 is 0 Å². The molecule has 0 radical (unpaired) electrons. The maximum Gasteiger partial charge on any atom is 0.237 e. The van der Waals surface area contributed by atoms with E-state index in [0.29, 0.717) is 22.3 Å². The largest absolute Gasteiger partial charge is 0.325 e. The Bertz CT molecular complexity index is 842. The second-order valence-electron chi connectivity index (χ2n) is 5.87. The van der Waals surface area contributed by atoms with Crippen molar-refractivity contribution in [3.8, 4) is 0 Å². The van der Waals surface area contributed by atoms with Gasteiger partial charge in [0.2, 0.25) is 11.8 Å². The highest BCUT2D eigenvalue weighted by Crippen LogP contribution is 2.27. The molecule has 5 nitrogen and oxygen atoms in total. The van der Waals surface area contributed by atoms with Gasteiger partial charge in [-0.1, -0.05) is 59.8 Å². The molecular formula is C19H18ClN3O2S. The molecule has 134 valence electrons. The normalized spacial score (nSPS) is 17.8. The fourth-order valence-corrected chi connectivity index (χ4v) is 3.58. The second kappa shape index (κ2) is 8.38. The van der Waals surface area contributed by atoms with Crippen molar-refractivity contribution in [2.24, 2.45) is 4.99 Å². The fourth-order valence-electron chi connectivity index (χ4n) is 2.52. The van der Waals surface area contributed by atoms with Crippen LogP contribution in [0.5, 0.6) is 0 Å². The number of hydrogen-bond acceptors (Lipinski definition) is 4. The molecule has 7 heteroatoms. The first kappa shape index (κ1) is 18.5. The minimum absolute atomic E-state index is 0.0983. The summed E-state index contributed by atoms with van der Waals surface area (Å²) in [7, 11) is 0. The maximum atomic E-state index is 12.4. The minimum atomic E-state index is -0.428. The van der Waals surface area contributed by atoms with Crippen LogP contribution in [0.3, 0.4) is 0 Å². The van der Waals surface area contributed by atoms with Gasteiger partial charge in [-0.3, -0.25) is 14.6 Å². The van der Waals surface area contributed by atoms with E-state index in [-0.39, 0.29) is 17.9 Å². The lowest BCUT2D eigenvalue weighted by atomic mass is 10.0. The molecule has 0 aliphatic carbocycles. The van der Waals surface area contributed by atoms with Crippen molar-refractivity contribution in [2.45, 2.75) is 24.6 Å². The van der Waals surface area contributed by atoms with Crippen molar-refractivity contribution in [2.75, 3.05) is 5.32 Å². The van der Waals surface area contributed by atoms with E-state index >= 15 is 0 Å². The first-order valence-corrected chi connectivity index (χ1v) is 9.43. The Labute approximate surface area is 161 Å². The highest BCUT2D eigenvalue weighted by atomic mass is 35.5. The van der Waals surface area contributed by atoms with Crippen LogP contribution in [0.25, 0.3) is 0 Å². The molecule has 2 aromatic rings. The number of hydrogen-bond donors (Lipinski definition) is 2. The lowest BCUT2D eigenvalue weighted by Gasteiger charge is -2.22. The minimum Gasteiger partial charge on any atom is -0.325 e. The third-order valence-corrected chi connectivity index (χ3v) is 5.07. The number of thioether (sulfide) groups is 1. The monoisotopic (exact) mass is 387 g/mol. The van der Waals surface area contributed by atoms with Crippen LogP contribution in [0.1, 0.15) is 24.9 Å². The molecule has 0 fully saturated rings. The predicted molar refractivity (Wildman–Crippen MR) is 107 cm³/mol. The summed E-state index contributed by atoms with van der Waals surface area (Å²) in [5.41, 5.74) is 1.61. The number of aliphatic imine (C=N–C) groups is 1. The van der Waals surface area contributed by atoms with Crippen LogP contribution in [0.15, 0.2) is 59.6 Å². The van der Waals surface area contributed by atoms with Gasteiger partial charge in [0, 0.05) is 10.7 Å². The third kappa shape index (κ3) is 4.86. The van der Waals surface area contributed by atoms with Crippen LogP contribution in [0.2, 0.25) is 5.02 Å². The number of anilines is 1. The van der Waals surface area contributed by atoms with Crippen LogP contribution in [-0.2, 0) is 9.59 Å². The van der Waals surface area contributed by atoms with Gasteiger partial charge < -0.3 is 10.6 Å². The lowest BCUT2D eigenvalue weighted by Crippen LogP contribution is -2.36. The molecule has 0 saturated carbocycles. The molecule has 0 saturated heterocycles. The molecule has 26 heavy (non-hydrogen) atoms. The van der Waals surface area contributed by atoms with E-state index < -0.39 is 5.25 Å². The van der Waals surface area contributed by atoms with Crippen LogP contribution >= 0.6 is 23.4 Å². The first-order valence-electron chi connectivity index (χ1n) is 8.17. The summed E-state index contributed by atoms with van der Waals surface area (Å²) in [6, 6.07) is 16.4. The van der Waals surface area contributed by atoms with Crippen LogP contribution < -0.4 is 10.6 Å². The molecule has 1 aliphatic rings. The van der Waals surface area contributed by atoms with E-state index in [1.165, 1.54) is 11.8 Å². The van der Waals surface area contributed by atoms with Crippen molar-refractivity contribution < 1.29 is 9.59 Å². The Balaban J connectivity index is 1.67. The van der Waals surface area contributed by atoms with Gasteiger partial charge in [0.05, 0.1) is 17.7 Å². The number of halogens is 1. The number of amidine groups is 1. The predicted octanol–water partition coefficient (Wildman–Crippen LogP) is 4.02. The van der Waals surface area contributed by atoms with Crippen molar-refractivity contribution in [3.63, 3.8) is 0 Å². The zero-order valence-electron chi connectivity index (χ0n) is 14.1.